The third kappa shape index (κ3) is 3.43. The second-order valence-corrected chi connectivity index (χ2v) is 5.57. The highest BCUT2D eigenvalue weighted by Gasteiger charge is 2.08. The molecular weight excluding hydrogens is 266 g/mol. The molecule has 0 amide bonds. The van der Waals surface area contributed by atoms with Crippen LogP contribution in [0.2, 0.25) is 5.15 Å². The highest BCUT2D eigenvalue weighted by molar-refractivity contribution is 7.09. The maximum Gasteiger partial charge on any atom is 0.134 e. The van der Waals surface area contributed by atoms with Gasteiger partial charge in [0.1, 0.15) is 16.8 Å². The number of aromatic nitrogens is 2. The first-order chi connectivity index (χ1) is 8.69. The van der Waals surface area contributed by atoms with E-state index in [2.05, 4.69) is 39.3 Å². The molecule has 0 radical (unpaired) electrons. The van der Waals surface area contributed by atoms with Gasteiger partial charge in [-0.3, -0.25) is 0 Å². The van der Waals surface area contributed by atoms with Crippen LogP contribution in [0.1, 0.15) is 24.0 Å². The molecule has 2 aromatic rings. The highest BCUT2D eigenvalue weighted by atomic mass is 35.5. The van der Waals surface area contributed by atoms with Gasteiger partial charge in [-0.15, -0.1) is 11.3 Å². The van der Waals surface area contributed by atoms with Crippen LogP contribution in [0.25, 0.3) is 0 Å². The Kier molecular flexibility index (Phi) is 4.55. The van der Waals surface area contributed by atoms with Crippen molar-refractivity contribution in [2.45, 2.75) is 26.3 Å². The molecule has 2 rings (SSSR count). The molecule has 5 heteroatoms. The quantitative estimate of drug-likeness (QED) is 0.781. The Morgan fingerprint density at radius 3 is 2.89 bits per heavy atom. The SMILES string of the molecule is CCCc1nc(Cl)cc(N(C)Cc2cccs2)n1. The van der Waals surface area contributed by atoms with Crippen molar-refractivity contribution in [3.05, 3.63) is 39.4 Å². The summed E-state index contributed by atoms with van der Waals surface area (Å²) in [6, 6.07) is 5.99. The number of anilines is 1. The summed E-state index contributed by atoms with van der Waals surface area (Å²) in [7, 11) is 2.02. The van der Waals surface area contributed by atoms with Crippen LogP contribution in [0.4, 0.5) is 5.82 Å². The summed E-state index contributed by atoms with van der Waals surface area (Å²) >= 11 is 7.78. The molecule has 0 N–H and O–H groups in total. The predicted molar refractivity (Wildman–Crippen MR) is 77.5 cm³/mol. The zero-order valence-corrected chi connectivity index (χ0v) is 12.1. The zero-order valence-electron chi connectivity index (χ0n) is 10.6. The summed E-state index contributed by atoms with van der Waals surface area (Å²) in [6.07, 6.45) is 1.88. The Bertz CT molecular complexity index is 499. The van der Waals surface area contributed by atoms with Crippen molar-refractivity contribution in [2.75, 3.05) is 11.9 Å². The Morgan fingerprint density at radius 2 is 2.22 bits per heavy atom. The highest BCUT2D eigenvalue weighted by Crippen LogP contribution is 2.19. The van der Waals surface area contributed by atoms with Gasteiger partial charge < -0.3 is 4.90 Å². The lowest BCUT2D eigenvalue weighted by Gasteiger charge is -2.18. The summed E-state index contributed by atoms with van der Waals surface area (Å²) < 4.78 is 0. The smallest absolute Gasteiger partial charge is 0.134 e. The predicted octanol–water partition coefficient (Wildman–Crippen LogP) is 3.78. The molecule has 0 bridgehead atoms. The lowest BCUT2D eigenvalue weighted by molar-refractivity contribution is 0.814. The van der Waals surface area contributed by atoms with E-state index in [1.807, 2.05) is 13.1 Å². The Hall–Kier alpha value is -1.13. The van der Waals surface area contributed by atoms with Crippen molar-refractivity contribution >= 4 is 28.8 Å². The molecule has 18 heavy (non-hydrogen) atoms. The maximum atomic E-state index is 6.04. The number of halogens is 1. The molecule has 0 saturated carbocycles. The topological polar surface area (TPSA) is 29.0 Å². The lowest BCUT2D eigenvalue weighted by atomic mass is 10.3. The molecule has 3 nitrogen and oxygen atoms in total. The molecule has 0 fully saturated rings. The van der Waals surface area contributed by atoms with E-state index in [-0.39, 0.29) is 0 Å². The number of aryl methyl sites for hydroxylation is 1. The molecule has 0 aliphatic heterocycles. The van der Waals surface area contributed by atoms with Gasteiger partial charge in [0.05, 0.1) is 6.54 Å². The van der Waals surface area contributed by atoms with Crippen LogP contribution in [-0.2, 0) is 13.0 Å². The largest absolute Gasteiger partial charge is 0.354 e. The van der Waals surface area contributed by atoms with Crippen LogP contribution in [0.3, 0.4) is 0 Å². The first kappa shape index (κ1) is 13.3. The van der Waals surface area contributed by atoms with E-state index in [1.165, 1.54) is 4.88 Å². The molecule has 2 aromatic heterocycles. The minimum absolute atomic E-state index is 0.515. The van der Waals surface area contributed by atoms with Crippen molar-refractivity contribution in [3.63, 3.8) is 0 Å². The average molecular weight is 282 g/mol. The lowest BCUT2D eigenvalue weighted by Crippen LogP contribution is -2.18. The fraction of sp³-hybridized carbons (Fsp3) is 0.385. The van der Waals surface area contributed by atoms with Crippen LogP contribution in [-0.4, -0.2) is 17.0 Å². The van der Waals surface area contributed by atoms with E-state index in [0.717, 1.165) is 31.0 Å². The van der Waals surface area contributed by atoms with Crippen LogP contribution >= 0.6 is 22.9 Å². The van der Waals surface area contributed by atoms with Gasteiger partial charge in [-0.2, -0.15) is 0 Å². The normalized spacial score (nSPS) is 10.6. The minimum Gasteiger partial charge on any atom is -0.354 e. The van der Waals surface area contributed by atoms with Crippen molar-refractivity contribution in [2.24, 2.45) is 0 Å². The van der Waals surface area contributed by atoms with Gasteiger partial charge in [0.2, 0.25) is 0 Å². The standard InChI is InChI=1S/C13H16ClN3S/c1-3-5-12-15-11(14)8-13(16-12)17(2)9-10-6-4-7-18-10/h4,6-8H,3,5,9H2,1-2H3. The van der Waals surface area contributed by atoms with Gasteiger partial charge in [-0.25, -0.2) is 9.97 Å². The first-order valence-electron chi connectivity index (χ1n) is 5.96. The molecule has 0 saturated heterocycles. The molecule has 0 unspecified atom stereocenters. The second kappa shape index (κ2) is 6.16. The van der Waals surface area contributed by atoms with E-state index < -0.39 is 0 Å². The number of nitrogens with zero attached hydrogens (tertiary/aromatic N) is 3. The monoisotopic (exact) mass is 281 g/mol. The third-order valence-electron chi connectivity index (χ3n) is 2.57. The van der Waals surface area contributed by atoms with E-state index >= 15 is 0 Å². The van der Waals surface area contributed by atoms with E-state index in [0.29, 0.717) is 5.15 Å². The fourth-order valence-electron chi connectivity index (χ4n) is 1.70. The van der Waals surface area contributed by atoms with Gasteiger partial charge in [0.15, 0.2) is 0 Å². The number of hydrogen-bond acceptors (Lipinski definition) is 4. The summed E-state index contributed by atoms with van der Waals surface area (Å²) in [5.74, 6) is 1.70. The Labute approximate surface area is 116 Å². The van der Waals surface area contributed by atoms with Crippen molar-refractivity contribution < 1.29 is 0 Å². The molecule has 2 heterocycles. The van der Waals surface area contributed by atoms with Crippen molar-refractivity contribution in [3.8, 4) is 0 Å². The van der Waals surface area contributed by atoms with Crippen molar-refractivity contribution in [1.29, 1.82) is 0 Å². The average Bonchev–Trinajstić information content (AvgIpc) is 2.81. The molecular formula is C13H16ClN3S. The number of thiophene rings is 1. The first-order valence-corrected chi connectivity index (χ1v) is 7.21. The third-order valence-corrected chi connectivity index (χ3v) is 3.62. The molecule has 96 valence electrons. The van der Waals surface area contributed by atoms with Crippen molar-refractivity contribution in [1.82, 2.24) is 9.97 Å². The van der Waals surface area contributed by atoms with Crippen LogP contribution < -0.4 is 4.90 Å². The molecule has 0 atom stereocenters. The molecule has 0 spiro atoms. The van der Waals surface area contributed by atoms with Gasteiger partial charge >= 0.3 is 0 Å². The number of rotatable bonds is 5. The van der Waals surface area contributed by atoms with Gasteiger partial charge in [0, 0.05) is 24.4 Å². The van der Waals surface area contributed by atoms with Crippen LogP contribution in [0.5, 0.6) is 0 Å². The minimum atomic E-state index is 0.515. The Morgan fingerprint density at radius 1 is 1.39 bits per heavy atom. The van der Waals surface area contributed by atoms with E-state index in [9.17, 15) is 0 Å². The maximum absolute atomic E-state index is 6.04. The van der Waals surface area contributed by atoms with E-state index in [1.54, 1.807) is 11.3 Å². The zero-order chi connectivity index (χ0) is 13.0. The van der Waals surface area contributed by atoms with E-state index in [4.69, 9.17) is 11.6 Å². The second-order valence-electron chi connectivity index (χ2n) is 4.15. The summed E-state index contributed by atoms with van der Waals surface area (Å²) in [6.45, 7) is 2.95. The Balaban J connectivity index is 2.16. The molecule has 0 aliphatic carbocycles. The summed E-state index contributed by atoms with van der Waals surface area (Å²) in [5.41, 5.74) is 0. The molecule has 0 aromatic carbocycles. The van der Waals surface area contributed by atoms with Gasteiger partial charge in [-0.1, -0.05) is 24.6 Å². The van der Waals surface area contributed by atoms with Crippen LogP contribution in [0.15, 0.2) is 23.6 Å². The van der Waals surface area contributed by atoms with Gasteiger partial charge in [0.25, 0.3) is 0 Å². The summed E-state index contributed by atoms with van der Waals surface area (Å²) in [5, 5.41) is 2.60. The van der Waals surface area contributed by atoms with Gasteiger partial charge in [-0.05, 0) is 17.9 Å². The van der Waals surface area contributed by atoms with Crippen LogP contribution in [0, 0.1) is 0 Å². The number of hydrogen-bond donors (Lipinski definition) is 0. The summed E-state index contributed by atoms with van der Waals surface area (Å²) in [4.78, 5) is 12.2. The fourth-order valence-corrected chi connectivity index (χ4v) is 2.65. The molecule has 0 aliphatic rings.